The Morgan fingerprint density at radius 1 is 1.31 bits per heavy atom. The molecule has 3 nitrogen and oxygen atoms in total. The van der Waals surface area contributed by atoms with Gasteiger partial charge in [-0.2, -0.15) is 0 Å². The molecule has 0 aromatic rings. The first-order chi connectivity index (χ1) is 7.55. The van der Waals surface area contributed by atoms with E-state index < -0.39 is 5.97 Å². The predicted molar refractivity (Wildman–Crippen MR) is 65.2 cm³/mol. The second-order valence-corrected chi connectivity index (χ2v) is 5.47. The number of carbonyl (C=O) groups is 1. The zero-order valence-electron chi connectivity index (χ0n) is 10.5. The molecule has 0 radical (unpaired) electrons. The van der Waals surface area contributed by atoms with E-state index in [9.17, 15) is 4.79 Å². The zero-order valence-corrected chi connectivity index (χ0v) is 10.5. The van der Waals surface area contributed by atoms with E-state index in [-0.39, 0.29) is 11.8 Å². The van der Waals surface area contributed by atoms with E-state index in [4.69, 9.17) is 10.8 Å². The van der Waals surface area contributed by atoms with Crippen LogP contribution in [-0.2, 0) is 4.79 Å². The molecule has 0 amide bonds. The molecule has 3 heteroatoms. The molecule has 0 bridgehead atoms. The molecule has 0 saturated heterocycles. The highest BCUT2D eigenvalue weighted by Crippen LogP contribution is 2.46. The number of rotatable bonds is 5. The minimum atomic E-state index is -0.697. The first-order valence-corrected chi connectivity index (χ1v) is 6.47. The smallest absolute Gasteiger partial charge is 0.303 e. The molecule has 3 N–H and O–H groups in total. The van der Waals surface area contributed by atoms with Gasteiger partial charge in [0.25, 0.3) is 0 Å². The number of aliphatic carboxylic acids is 1. The number of carboxylic acids is 1. The molecule has 0 aromatic carbocycles. The van der Waals surface area contributed by atoms with Gasteiger partial charge >= 0.3 is 5.97 Å². The van der Waals surface area contributed by atoms with E-state index in [1.807, 2.05) is 0 Å². The monoisotopic (exact) mass is 227 g/mol. The molecule has 0 spiro atoms. The summed E-state index contributed by atoms with van der Waals surface area (Å²) in [5.74, 6) is 0.639. The van der Waals surface area contributed by atoms with E-state index in [0.29, 0.717) is 18.4 Å². The molecular weight excluding hydrogens is 202 g/mol. The van der Waals surface area contributed by atoms with Crippen molar-refractivity contribution in [3.63, 3.8) is 0 Å². The van der Waals surface area contributed by atoms with Gasteiger partial charge < -0.3 is 10.8 Å². The summed E-state index contributed by atoms with van der Waals surface area (Å²) in [6.07, 6.45) is 5.81. The molecule has 0 heterocycles. The fourth-order valence-electron chi connectivity index (χ4n) is 3.27. The molecule has 1 unspecified atom stereocenters. The topological polar surface area (TPSA) is 63.3 Å². The Balaban J connectivity index is 2.77. The van der Waals surface area contributed by atoms with Crippen molar-refractivity contribution in [3.05, 3.63) is 0 Å². The normalized spacial score (nSPS) is 34.9. The second-order valence-electron chi connectivity index (χ2n) is 5.47. The van der Waals surface area contributed by atoms with Gasteiger partial charge in [-0.15, -0.1) is 0 Å². The Morgan fingerprint density at radius 2 is 1.81 bits per heavy atom. The van der Waals surface area contributed by atoms with Crippen molar-refractivity contribution in [3.8, 4) is 0 Å². The molecule has 1 aliphatic carbocycles. The highest BCUT2D eigenvalue weighted by atomic mass is 16.4. The van der Waals surface area contributed by atoms with E-state index in [2.05, 4.69) is 13.8 Å². The summed E-state index contributed by atoms with van der Waals surface area (Å²) < 4.78 is 0. The fraction of sp³-hybridized carbons (Fsp3) is 0.923. The van der Waals surface area contributed by atoms with Crippen molar-refractivity contribution in [2.24, 2.45) is 23.0 Å². The van der Waals surface area contributed by atoms with E-state index in [1.54, 1.807) is 0 Å². The summed E-state index contributed by atoms with van der Waals surface area (Å²) in [5, 5.41) is 9.02. The van der Waals surface area contributed by atoms with Crippen molar-refractivity contribution in [1.82, 2.24) is 0 Å². The fourth-order valence-corrected chi connectivity index (χ4v) is 3.27. The van der Waals surface area contributed by atoms with E-state index in [1.165, 1.54) is 6.42 Å². The van der Waals surface area contributed by atoms with Crippen LogP contribution in [0.4, 0.5) is 0 Å². The molecule has 1 saturated carbocycles. The standard InChI is InChI=1S/C13H25NO2/c1-3-10-5-11(4-2)7-13(6-10,9-14)8-12(15)16/h10-11H,3-9,14H2,1-2H3,(H,15,16)/t10-,11+,13?. The lowest BCUT2D eigenvalue weighted by molar-refractivity contribution is -0.140. The van der Waals surface area contributed by atoms with Crippen molar-refractivity contribution < 1.29 is 9.90 Å². The Bertz CT molecular complexity index is 228. The SMILES string of the molecule is CC[C@@H]1C[C@H](CC)CC(CN)(CC(=O)O)C1. The maximum absolute atomic E-state index is 11.0. The van der Waals surface area contributed by atoms with Gasteiger partial charge in [0.05, 0.1) is 6.42 Å². The maximum Gasteiger partial charge on any atom is 0.303 e. The molecule has 1 aliphatic rings. The summed E-state index contributed by atoms with van der Waals surface area (Å²) in [4.78, 5) is 11.0. The van der Waals surface area contributed by atoms with Crippen LogP contribution in [0.2, 0.25) is 0 Å². The van der Waals surface area contributed by atoms with Crippen molar-refractivity contribution in [2.45, 2.75) is 52.4 Å². The Labute approximate surface area is 98.4 Å². The average Bonchev–Trinajstić information content (AvgIpc) is 2.27. The number of nitrogens with two attached hydrogens (primary N) is 1. The van der Waals surface area contributed by atoms with Gasteiger partial charge in [-0.25, -0.2) is 0 Å². The van der Waals surface area contributed by atoms with Gasteiger partial charge in [-0.3, -0.25) is 4.79 Å². The predicted octanol–water partition coefficient (Wildman–Crippen LogP) is 2.64. The molecule has 0 aromatic heterocycles. The van der Waals surface area contributed by atoms with Gasteiger partial charge in [-0.1, -0.05) is 26.7 Å². The second kappa shape index (κ2) is 5.67. The Kier molecular flexibility index (Phi) is 4.78. The number of hydrogen-bond donors (Lipinski definition) is 2. The third-order valence-electron chi connectivity index (χ3n) is 4.22. The van der Waals surface area contributed by atoms with Crippen LogP contribution < -0.4 is 5.73 Å². The number of carboxylic acid groups (broad SMARTS) is 1. The zero-order chi connectivity index (χ0) is 12.2. The lowest BCUT2D eigenvalue weighted by atomic mass is 9.63. The van der Waals surface area contributed by atoms with Crippen LogP contribution in [-0.4, -0.2) is 17.6 Å². The maximum atomic E-state index is 11.0. The molecule has 16 heavy (non-hydrogen) atoms. The molecule has 0 aliphatic heterocycles. The number of hydrogen-bond acceptors (Lipinski definition) is 2. The highest BCUT2D eigenvalue weighted by Gasteiger charge is 2.40. The van der Waals surface area contributed by atoms with Gasteiger partial charge in [0.1, 0.15) is 0 Å². The van der Waals surface area contributed by atoms with Crippen LogP contribution in [0.1, 0.15) is 52.4 Å². The molecule has 3 atom stereocenters. The summed E-state index contributed by atoms with van der Waals surface area (Å²) in [5.41, 5.74) is 5.72. The average molecular weight is 227 g/mol. The third kappa shape index (κ3) is 3.21. The van der Waals surface area contributed by atoms with Crippen molar-refractivity contribution in [2.75, 3.05) is 6.54 Å². The van der Waals surface area contributed by atoms with E-state index in [0.717, 1.165) is 25.7 Å². The van der Waals surface area contributed by atoms with Crippen LogP contribution >= 0.6 is 0 Å². The van der Waals surface area contributed by atoms with Crippen LogP contribution in [0.25, 0.3) is 0 Å². The first kappa shape index (κ1) is 13.5. The van der Waals surface area contributed by atoms with Gasteiger partial charge in [-0.05, 0) is 43.1 Å². The quantitative estimate of drug-likeness (QED) is 0.759. The minimum absolute atomic E-state index is 0.133. The lowest BCUT2D eigenvalue weighted by Gasteiger charge is -2.43. The third-order valence-corrected chi connectivity index (χ3v) is 4.22. The van der Waals surface area contributed by atoms with Gasteiger partial charge in [0.2, 0.25) is 0 Å². The molecule has 1 rings (SSSR count). The summed E-state index contributed by atoms with van der Waals surface area (Å²) in [7, 11) is 0. The largest absolute Gasteiger partial charge is 0.481 e. The van der Waals surface area contributed by atoms with E-state index >= 15 is 0 Å². The summed E-state index contributed by atoms with van der Waals surface area (Å²) >= 11 is 0. The molecule has 94 valence electrons. The summed E-state index contributed by atoms with van der Waals surface area (Å²) in [6.45, 7) is 4.92. The highest BCUT2D eigenvalue weighted by molar-refractivity contribution is 5.67. The van der Waals surface area contributed by atoms with Crippen LogP contribution in [0, 0.1) is 17.3 Å². The minimum Gasteiger partial charge on any atom is -0.481 e. The van der Waals surface area contributed by atoms with Gasteiger partial charge in [0, 0.05) is 0 Å². The van der Waals surface area contributed by atoms with Crippen LogP contribution in [0.3, 0.4) is 0 Å². The Morgan fingerprint density at radius 3 is 2.12 bits per heavy atom. The van der Waals surface area contributed by atoms with Crippen LogP contribution in [0.5, 0.6) is 0 Å². The van der Waals surface area contributed by atoms with Crippen molar-refractivity contribution in [1.29, 1.82) is 0 Å². The molecular formula is C13H25NO2. The van der Waals surface area contributed by atoms with Gasteiger partial charge in [0.15, 0.2) is 0 Å². The van der Waals surface area contributed by atoms with Crippen LogP contribution in [0.15, 0.2) is 0 Å². The lowest BCUT2D eigenvalue weighted by Crippen LogP contribution is -2.40. The molecule has 1 fully saturated rings. The van der Waals surface area contributed by atoms with Crippen molar-refractivity contribution >= 4 is 5.97 Å². The first-order valence-electron chi connectivity index (χ1n) is 6.47. The Hall–Kier alpha value is -0.570. The summed E-state index contributed by atoms with van der Waals surface area (Å²) in [6, 6.07) is 0.